The van der Waals surface area contributed by atoms with E-state index >= 15 is 0 Å². The molecule has 0 spiro atoms. The quantitative estimate of drug-likeness (QED) is 0.471. The van der Waals surface area contributed by atoms with E-state index in [1.807, 2.05) is 12.1 Å². The van der Waals surface area contributed by atoms with Crippen LogP contribution < -0.4 is 4.74 Å². The highest BCUT2D eigenvalue weighted by Crippen LogP contribution is 2.35. The van der Waals surface area contributed by atoms with Crippen molar-refractivity contribution in [2.75, 3.05) is 19.8 Å². The van der Waals surface area contributed by atoms with Gasteiger partial charge in [0.25, 0.3) is 0 Å². The van der Waals surface area contributed by atoms with Gasteiger partial charge in [-0.3, -0.25) is 0 Å². The Morgan fingerprint density at radius 2 is 1.76 bits per heavy atom. The van der Waals surface area contributed by atoms with Gasteiger partial charge in [-0.1, -0.05) is 55.3 Å². The highest BCUT2D eigenvalue weighted by molar-refractivity contribution is 6.05. The molecule has 3 nitrogen and oxygen atoms in total. The number of aliphatic hydroxyl groups excluding tert-OH is 1. The van der Waals surface area contributed by atoms with Crippen molar-refractivity contribution in [1.82, 2.24) is 0 Å². The molecule has 0 bridgehead atoms. The van der Waals surface area contributed by atoms with Crippen LogP contribution in [0.2, 0.25) is 0 Å². The summed E-state index contributed by atoms with van der Waals surface area (Å²) in [4.78, 5) is 0. The fraction of sp³-hybridized carbons (Fsp3) is 0.364. The van der Waals surface area contributed by atoms with Crippen LogP contribution in [0, 0.1) is 6.92 Å². The van der Waals surface area contributed by atoms with Crippen molar-refractivity contribution in [2.24, 2.45) is 0 Å². The second kappa shape index (κ2) is 8.32. The molecular formula is C22H26O3. The van der Waals surface area contributed by atoms with Crippen LogP contribution in [0.4, 0.5) is 0 Å². The van der Waals surface area contributed by atoms with Crippen LogP contribution in [0.3, 0.4) is 0 Å². The Morgan fingerprint density at radius 3 is 2.60 bits per heavy atom. The van der Waals surface area contributed by atoms with Gasteiger partial charge < -0.3 is 14.6 Å². The summed E-state index contributed by atoms with van der Waals surface area (Å²) < 4.78 is 11.6. The zero-order valence-electron chi connectivity index (χ0n) is 15.0. The monoisotopic (exact) mass is 338 g/mol. The SMILES string of the molecule is CCCCOCC(O)COc1c2ccccc2cc2ccc(C)cc12. The molecule has 0 heterocycles. The number of ether oxygens (including phenoxy) is 2. The molecule has 0 radical (unpaired) electrons. The molecule has 0 fully saturated rings. The normalized spacial score (nSPS) is 12.6. The minimum atomic E-state index is -0.629. The average Bonchev–Trinajstić information content (AvgIpc) is 2.62. The summed E-state index contributed by atoms with van der Waals surface area (Å²) in [6.07, 6.45) is 1.48. The zero-order chi connectivity index (χ0) is 17.6. The number of rotatable bonds is 8. The molecule has 1 atom stereocenters. The van der Waals surface area contributed by atoms with Crippen molar-refractivity contribution in [3.05, 3.63) is 54.1 Å². The molecule has 0 aliphatic heterocycles. The van der Waals surface area contributed by atoms with Gasteiger partial charge in [0, 0.05) is 17.4 Å². The molecule has 132 valence electrons. The van der Waals surface area contributed by atoms with E-state index in [2.05, 4.69) is 50.2 Å². The first-order valence-electron chi connectivity index (χ1n) is 8.99. The Balaban J connectivity index is 1.84. The van der Waals surface area contributed by atoms with Crippen molar-refractivity contribution in [1.29, 1.82) is 0 Å². The van der Waals surface area contributed by atoms with Gasteiger partial charge >= 0.3 is 0 Å². The molecule has 1 N–H and O–H groups in total. The number of hydrogen-bond acceptors (Lipinski definition) is 3. The van der Waals surface area contributed by atoms with Crippen molar-refractivity contribution in [3.8, 4) is 5.75 Å². The third-order valence-corrected chi connectivity index (χ3v) is 4.34. The Bertz CT molecular complexity index is 841. The summed E-state index contributed by atoms with van der Waals surface area (Å²) in [5.74, 6) is 0.837. The molecule has 1 unspecified atom stereocenters. The Kier molecular flexibility index (Phi) is 5.90. The van der Waals surface area contributed by atoms with E-state index in [1.165, 1.54) is 5.56 Å². The van der Waals surface area contributed by atoms with Gasteiger partial charge in [-0.05, 0) is 36.2 Å². The fourth-order valence-electron chi connectivity index (χ4n) is 2.98. The molecule has 0 amide bonds. The van der Waals surface area contributed by atoms with Gasteiger partial charge in [-0.25, -0.2) is 0 Å². The molecule has 0 saturated carbocycles. The second-order valence-corrected chi connectivity index (χ2v) is 6.54. The topological polar surface area (TPSA) is 38.7 Å². The molecule has 25 heavy (non-hydrogen) atoms. The first-order valence-corrected chi connectivity index (χ1v) is 8.99. The van der Waals surface area contributed by atoms with Crippen LogP contribution in [0.15, 0.2) is 48.5 Å². The highest BCUT2D eigenvalue weighted by Gasteiger charge is 2.12. The van der Waals surface area contributed by atoms with Crippen LogP contribution in [0.5, 0.6) is 5.75 Å². The smallest absolute Gasteiger partial charge is 0.135 e. The van der Waals surface area contributed by atoms with Crippen molar-refractivity contribution >= 4 is 21.5 Å². The molecule has 0 aliphatic rings. The van der Waals surface area contributed by atoms with E-state index in [1.54, 1.807) is 0 Å². The predicted octanol–water partition coefficient (Wildman–Crippen LogP) is 4.86. The number of fused-ring (bicyclic) bond motifs is 2. The largest absolute Gasteiger partial charge is 0.489 e. The molecule has 0 aliphatic carbocycles. The highest BCUT2D eigenvalue weighted by atomic mass is 16.5. The first-order chi connectivity index (χ1) is 12.2. The van der Waals surface area contributed by atoms with Gasteiger partial charge in [0.15, 0.2) is 0 Å². The maximum atomic E-state index is 10.2. The summed E-state index contributed by atoms with van der Waals surface area (Å²) in [6.45, 7) is 5.42. The van der Waals surface area contributed by atoms with Crippen LogP contribution in [-0.2, 0) is 4.74 Å². The molecule has 0 aromatic heterocycles. The Labute approximate surface area is 149 Å². The van der Waals surface area contributed by atoms with E-state index in [4.69, 9.17) is 9.47 Å². The summed E-state index contributed by atoms with van der Waals surface area (Å²) in [5, 5.41) is 14.6. The van der Waals surface area contributed by atoms with Crippen LogP contribution in [-0.4, -0.2) is 31.0 Å². The van der Waals surface area contributed by atoms with Gasteiger partial charge in [0.1, 0.15) is 18.5 Å². The lowest BCUT2D eigenvalue weighted by Gasteiger charge is -2.16. The first kappa shape index (κ1) is 17.7. The van der Waals surface area contributed by atoms with E-state index < -0.39 is 6.10 Å². The lowest BCUT2D eigenvalue weighted by molar-refractivity contribution is 0.0119. The number of aryl methyl sites for hydroxylation is 1. The maximum Gasteiger partial charge on any atom is 0.135 e. The molecule has 3 heteroatoms. The second-order valence-electron chi connectivity index (χ2n) is 6.54. The fourth-order valence-corrected chi connectivity index (χ4v) is 2.98. The molecule has 0 saturated heterocycles. The Hall–Kier alpha value is -2.10. The minimum Gasteiger partial charge on any atom is -0.489 e. The van der Waals surface area contributed by atoms with Gasteiger partial charge in [0.05, 0.1) is 6.61 Å². The van der Waals surface area contributed by atoms with Crippen LogP contribution in [0.25, 0.3) is 21.5 Å². The summed E-state index contributed by atoms with van der Waals surface area (Å²) in [5.41, 5.74) is 1.19. The van der Waals surface area contributed by atoms with Gasteiger partial charge in [-0.2, -0.15) is 0 Å². The minimum absolute atomic E-state index is 0.225. The molecule has 3 aromatic carbocycles. The van der Waals surface area contributed by atoms with Crippen LogP contribution >= 0.6 is 0 Å². The lowest BCUT2D eigenvalue weighted by atomic mass is 10.0. The van der Waals surface area contributed by atoms with Crippen molar-refractivity contribution < 1.29 is 14.6 Å². The third kappa shape index (κ3) is 4.30. The van der Waals surface area contributed by atoms with Crippen molar-refractivity contribution in [3.63, 3.8) is 0 Å². The lowest BCUT2D eigenvalue weighted by Crippen LogP contribution is -2.23. The number of aliphatic hydroxyl groups is 1. The van der Waals surface area contributed by atoms with Gasteiger partial charge in [-0.15, -0.1) is 0 Å². The third-order valence-electron chi connectivity index (χ3n) is 4.34. The van der Waals surface area contributed by atoms with E-state index in [9.17, 15) is 5.11 Å². The van der Waals surface area contributed by atoms with E-state index in [-0.39, 0.29) is 6.61 Å². The van der Waals surface area contributed by atoms with E-state index in [0.717, 1.165) is 40.1 Å². The number of benzene rings is 3. The summed E-state index contributed by atoms with van der Waals surface area (Å²) >= 11 is 0. The number of unbranched alkanes of at least 4 members (excludes halogenated alkanes) is 1. The van der Waals surface area contributed by atoms with Crippen molar-refractivity contribution in [2.45, 2.75) is 32.8 Å². The standard InChI is InChI=1S/C22H26O3/c1-3-4-11-24-14-19(23)15-25-22-20-8-6-5-7-17(20)13-18-10-9-16(2)12-21(18)22/h5-10,12-13,19,23H,3-4,11,14-15H2,1-2H3. The summed E-state index contributed by atoms with van der Waals surface area (Å²) in [6, 6.07) is 16.8. The number of hydrogen-bond donors (Lipinski definition) is 1. The van der Waals surface area contributed by atoms with E-state index in [0.29, 0.717) is 13.2 Å². The van der Waals surface area contributed by atoms with Gasteiger partial charge in [0.2, 0.25) is 0 Å². The molecule has 3 aromatic rings. The summed E-state index contributed by atoms with van der Waals surface area (Å²) in [7, 11) is 0. The Morgan fingerprint density at radius 1 is 0.960 bits per heavy atom. The zero-order valence-corrected chi connectivity index (χ0v) is 15.0. The maximum absolute atomic E-state index is 10.2. The molecule has 3 rings (SSSR count). The average molecular weight is 338 g/mol. The predicted molar refractivity (Wildman–Crippen MR) is 103 cm³/mol. The molecular weight excluding hydrogens is 312 g/mol. The van der Waals surface area contributed by atoms with Crippen LogP contribution in [0.1, 0.15) is 25.3 Å².